The van der Waals surface area contributed by atoms with Crippen molar-refractivity contribution < 1.29 is 52.1 Å². The second-order valence-electron chi connectivity index (χ2n) is 17.0. The summed E-state index contributed by atoms with van der Waals surface area (Å²) >= 11 is 7.36. The first kappa shape index (κ1) is 47.4. The molecule has 3 saturated heterocycles. The summed E-state index contributed by atoms with van der Waals surface area (Å²) in [5.74, 6) is -4.14. The van der Waals surface area contributed by atoms with Crippen LogP contribution in [0.25, 0.3) is 10.4 Å². The monoisotopic (exact) mass is 975 g/mol. The summed E-state index contributed by atoms with van der Waals surface area (Å²) < 4.78 is 33.8. The molecule has 0 radical (unpaired) electrons. The molecule has 67 heavy (non-hydrogen) atoms. The summed E-state index contributed by atoms with van der Waals surface area (Å²) in [6.45, 7) is 2.24. The van der Waals surface area contributed by atoms with E-state index in [9.17, 15) is 42.3 Å². The molecule has 0 spiro atoms. The van der Waals surface area contributed by atoms with Crippen LogP contribution in [0.2, 0.25) is 5.02 Å². The van der Waals surface area contributed by atoms with Crippen LogP contribution in [-0.4, -0.2) is 126 Å². The fourth-order valence-electron chi connectivity index (χ4n) is 9.02. The Hall–Kier alpha value is -6.06. The quantitative estimate of drug-likeness (QED) is 0.0736. The SMILES string of the molecule is O=C(O)COc1c(C(=O)O)sc(-c2cccc(NC3CCN(S(=O)(=O)Cc4cccc(NC(=O)CCN5CCC(Nc6cccc7c6CN(C6CCC(=O)NC6=O)C7=O)CC5)c4)CC3)c2)c1Cl. The number of anilines is 3. The molecular weight excluding hydrogens is 926 g/mol. The van der Waals surface area contributed by atoms with Crippen LogP contribution < -0.4 is 26.0 Å². The summed E-state index contributed by atoms with van der Waals surface area (Å²) in [7, 11) is -3.68. The number of piperidine rings is 3. The van der Waals surface area contributed by atoms with E-state index in [2.05, 4.69) is 26.2 Å². The fourth-order valence-corrected chi connectivity index (χ4v) is 12.0. The zero-order valence-corrected chi connectivity index (χ0v) is 38.7. The molecule has 4 aliphatic rings. The minimum atomic E-state index is -3.68. The van der Waals surface area contributed by atoms with Crippen molar-refractivity contribution in [3.05, 3.63) is 93.3 Å². The van der Waals surface area contributed by atoms with E-state index in [1.165, 1.54) is 4.31 Å². The average molecular weight is 977 g/mol. The average Bonchev–Trinajstić information content (AvgIpc) is 3.81. The number of likely N-dealkylation sites (tertiary alicyclic amines) is 1. The molecule has 8 rings (SSSR count). The summed E-state index contributed by atoms with van der Waals surface area (Å²) in [5, 5.41) is 31.0. The van der Waals surface area contributed by atoms with Crippen LogP contribution in [-0.2, 0) is 41.5 Å². The number of hydrogen-bond donors (Lipinski definition) is 6. The summed E-state index contributed by atoms with van der Waals surface area (Å²) in [5.41, 5.74) is 4.66. The molecule has 0 saturated carbocycles. The van der Waals surface area contributed by atoms with Gasteiger partial charge in [0.25, 0.3) is 5.91 Å². The Bertz CT molecular complexity index is 2700. The molecule has 3 fully saturated rings. The number of ether oxygens (including phenoxy) is 1. The van der Waals surface area contributed by atoms with Gasteiger partial charge in [0.1, 0.15) is 11.1 Å². The minimum absolute atomic E-state index is 0.00363. The molecule has 354 valence electrons. The predicted octanol–water partition coefficient (Wildman–Crippen LogP) is 5.30. The van der Waals surface area contributed by atoms with Crippen LogP contribution >= 0.6 is 22.9 Å². The molecule has 3 aromatic carbocycles. The Morgan fingerprint density at radius 1 is 0.866 bits per heavy atom. The molecule has 1 atom stereocenters. The van der Waals surface area contributed by atoms with Gasteiger partial charge in [0, 0.05) is 92.4 Å². The van der Waals surface area contributed by atoms with Gasteiger partial charge in [-0.15, -0.1) is 11.3 Å². The molecule has 0 bridgehead atoms. The molecule has 1 aromatic heterocycles. The van der Waals surface area contributed by atoms with Crippen LogP contribution in [0.4, 0.5) is 17.1 Å². The predicted molar refractivity (Wildman–Crippen MR) is 251 cm³/mol. The highest BCUT2D eigenvalue weighted by Crippen LogP contribution is 2.46. The number of rotatable bonds is 17. The first-order valence-electron chi connectivity index (χ1n) is 22.0. The largest absolute Gasteiger partial charge is 0.479 e. The molecule has 4 aromatic rings. The number of aliphatic carboxylic acids is 1. The molecule has 5 heterocycles. The molecular formula is C46H50ClN7O11S2. The fraction of sp³-hybridized carbons (Fsp3) is 0.391. The number of amides is 4. The summed E-state index contributed by atoms with van der Waals surface area (Å²) in [6, 6.07) is 19.0. The minimum Gasteiger partial charge on any atom is -0.479 e. The lowest BCUT2D eigenvalue weighted by molar-refractivity contribution is -0.139. The second-order valence-corrected chi connectivity index (χ2v) is 20.4. The zero-order chi connectivity index (χ0) is 47.4. The number of halogens is 1. The number of sulfonamides is 1. The number of carbonyl (C=O) groups is 6. The maximum absolute atomic E-state index is 13.6. The number of hydrogen-bond acceptors (Lipinski definition) is 13. The van der Waals surface area contributed by atoms with Crippen LogP contribution in [0, 0.1) is 0 Å². The van der Waals surface area contributed by atoms with Crippen molar-refractivity contribution in [3.8, 4) is 16.2 Å². The normalized spacial score (nSPS) is 18.6. The van der Waals surface area contributed by atoms with E-state index < -0.39 is 40.5 Å². The van der Waals surface area contributed by atoms with E-state index in [0.29, 0.717) is 72.7 Å². The first-order valence-corrected chi connectivity index (χ1v) is 24.8. The molecule has 1 unspecified atom stereocenters. The zero-order valence-electron chi connectivity index (χ0n) is 36.3. The molecule has 0 aliphatic carbocycles. The number of imide groups is 1. The van der Waals surface area contributed by atoms with Gasteiger partial charge in [-0.3, -0.25) is 24.5 Å². The number of aromatic carboxylic acids is 1. The van der Waals surface area contributed by atoms with Gasteiger partial charge < -0.3 is 40.7 Å². The maximum atomic E-state index is 13.6. The van der Waals surface area contributed by atoms with Crippen molar-refractivity contribution >= 4 is 85.6 Å². The molecule has 6 N–H and O–H groups in total. The van der Waals surface area contributed by atoms with E-state index in [4.69, 9.17) is 21.4 Å². The van der Waals surface area contributed by atoms with Gasteiger partial charge >= 0.3 is 11.9 Å². The number of fused-ring (bicyclic) bond motifs is 1. The molecule has 18 nitrogen and oxygen atoms in total. The molecule has 4 aliphatic heterocycles. The Balaban J connectivity index is 0.770. The number of thiophene rings is 1. The van der Waals surface area contributed by atoms with E-state index in [1.54, 1.807) is 53.4 Å². The van der Waals surface area contributed by atoms with Crippen LogP contribution in [0.5, 0.6) is 5.75 Å². The van der Waals surface area contributed by atoms with Crippen LogP contribution in [0.1, 0.15) is 76.1 Å². The molecule has 21 heteroatoms. The highest BCUT2D eigenvalue weighted by atomic mass is 35.5. The van der Waals surface area contributed by atoms with Gasteiger partial charge in [0.05, 0.1) is 10.6 Å². The third-order valence-corrected chi connectivity index (χ3v) is 16.0. The second kappa shape index (κ2) is 20.4. The van der Waals surface area contributed by atoms with Crippen molar-refractivity contribution in [2.24, 2.45) is 0 Å². The number of nitrogens with zero attached hydrogens (tertiary/aromatic N) is 3. The van der Waals surface area contributed by atoms with Crippen molar-refractivity contribution in [1.82, 2.24) is 19.4 Å². The van der Waals surface area contributed by atoms with E-state index in [0.717, 1.165) is 54.2 Å². The number of nitrogens with one attached hydrogen (secondary N) is 4. The number of carboxylic acid groups (broad SMARTS) is 2. The summed E-state index contributed by atoms with van der Waals surface area (Å²) in [6.07, 6.45) is 3.49. The van der Waals surface area contributed by atoms with Crippen molar-refractivity contribution in [3.63, 3.8) is 0 Å². The van der Waals surface area contributed by atoms with Crippen molar-refractivity contribution in [2.45, 2.75) is 75.4 Å². The van der Waals surface area contributed by atoms with Gasteiger partial charge in [-0.1, -0.05) is 41.9 Å². The number of carboxylic acids is 2. The Kier molecular flexibility index (Phi) is 14.5. The Labute approximate surface area is 395 Å². The van der Waals surface area contributed by atoms with E-state index in [1.807, 2.05) is 18.2 Å². The third-order valence-electron chi connectivity index (χ3n) is 12.4. The molecule has 4 amide bonds. The Morgan fingerprint density at radius 2 is 1.57 bits per heavy atom. The van der Waals surface area contributed by atoms with Gasteiger partial charge in [-0.25, -0.2) is 22.3 Å². The van der Waals surface area contributed by atoms with Gasteiger partial charge in [-0.2, -0.15) is 0 Å². The van der Waals surface area contributed by atoms with Crippen molar-refractivity contribution in [1.29, 1.82) is 0 Å². The number of benzene rings is 3. The van der Waals surface area contributed by atoms with Crippen LogP contribution in [0.15, 0.2) is 66.7 Å². The number of carbonyl (C=O) groups excluding carboxylic acids is 4. The van der Waals surface area contributed by atoms with Crippen LogP contribution in [0.3, 0.4) is 0 Å². The van der Waals surface area contributed by atoms with Gasteiger partial charge in [0.15, 0.2) is 17.2 Å². The summed E-state index contributed by atoms with van der Waals surface area (Å²) in [4.78, 5) is 77.4. The van der Waals surface area contributed by atoms with Crippen molar-refractivity contribution in [2.75, 3.05) is 55.3 Å². The lowest BCUT2D eigenvalue weighted by Crippen LogP contribution is -2.52. The standard InChI is InChI=1S/C46H50ClN7O11S2/c47-40-41(65-25-39(57)58)43(46(61)62)66-42(40)28-5-2-7-32(23-28)48-29-14-20-53(21-15-29)67(63,64)26-27-4-1-6-31(22-27)50-38(56)16-19-52-17-12-30(13-18-52)49-35-9-3-8-33-34(35)24-54(45(33)60)36-10-11-37(55)51-44(36)59/h1-9,22-23,29-30,36,48-49H,10-21,24-26H2,(H,50,56)(H,57,58)(H,61,62)(H,51,55,59). The topological polar surface area (TPSA) is 244 Å². The highest BCUT2D eigenvalue weighted by Gasteiger charge is 2.40. The maximum Gasteiger partial charge on any atom is 0.349 e. The lowest BCUT2D eigenvalue weighted by atomic mass is 10.0. The smallest absolute Gasteiger partial charge is 0.349 e. The van der Waals surface area contributed by atoms with E-state index in [-0.39, 0.29) is 64.0 Å². The van der Waals surface area contributed by atoms with Gasteiger partial charge in [0.2, 0.25) is 27.7 Å². The third kappa shape index (κ3) is 11.2. The first-order chi connectivity index (χ1) is 32.1. The van der Waals surface area contributed by atoms with E-state index >= 15 is 0 Å². The highest BCUT2D eigenvalue weighted by molar-refractivity contribution is 7.88. The van der Waals surface area contributed by atoms with Gasteiger partial charge in [-0.05, 0) is 79.6 Å². The Morgan fingerprint density at radius 3 is 2.30 bits per heavy atom. The lowest BCUT2D eigenvalue weighted by Gasteiger charge is -2.33.